The molecule has 0 atom stereocenters. The Morgan fingerprint density at radius 2 is 1.93 bits per heavy atom. The minimum Gasteiger partial charge on any atom is -0.423 e. The van der Waals surface area contributed by atoms with E-state index in [1.54, 1.807) is 36.5 Å². The van der Waals surface area contributed by atoms with Crippen molar-refractivity contribution in [3.05, 3.63) is 59.8 Å². The SMILES string of the molecule is Cc1cnc(Nc2ccc3c(c2)B(O)OC3)nc1Nc1cccc(S(C)(=O)=O)c1. The van der Waals surface area contributed by atoms with Crippen molar-refractivity contribution < 1.29 is 18.1 Å². The van der Waals surface area contributed by atoms with E-state index in [4.69, 9.17) is 4.65 Å². The Morgan fingerprint density at radius 3 is 2.72 bits per heavy atom. The summed E-state index contributed by atoms with van der Waals surface area (Å²) >= 11 is 0. The molecule has 0 radical (unpaired) electrons. The number of nitrogens with zero attached hydrogens (tertiary/aromatic N) is 2. The molecule has 4 rings (SSSR count). The van der Waals surface area contributed by atoms with E-state index < -0.39 is 17.0 Å². The van der Waals surface area contributed by atoms with Crippen LogP contribution in [-0.4, -0.2) is 36.8 Å². The van der Waals surface area contributed by atoms with E-state index in [-0.39, 0.29) is 4.90 Å². The second-order valence-corrected chi connectivity index (χ2v) is 8.87. The molecule has 1 aromatic heterocycles. The first-order valence-electron chi connectivity index (χ1n) is 8.90. The van der Waals surface area contributed by atoms with E-state index >= 15 is 0 Å². The molecular weight excluding hydrogens is 391 g/mol. The van der Waals surface area contributed by atoms with Crippen LogP contribution in [0.25, 0.3) is 0 Å². The zero-order valence-electron chi connectivity index (χ0n) is 15.9. The summed E-state index contributed by atoms with van der Waals surface area (Å²) in [4.78, 5) is 9.01. The van der Waals surface area contributed by atoms with Crippen molar-refractivity contribution in [3.63, 3.8) is 0 Å². The Morgan fingerprint density at radius 1 is 1.14 bits per heavy atom. The molecule has 0 spiro atoms. The lowest BCUT2D eigenvalue weighted by atomic mass is 9.79. The summed E-state index contributed by atoms with van der Waals surface area (Å²) in [6.07, 6.45) is 2.84. The zero-order chi connectivity index (χ0) is 20.6. The molecule has 1 aliphatic heterocycles. The fraction of sp³-hybridized carbons (Fsp3) is 0.158. The molecule has 2 aromatic carbocycles. The maximum absolute atomic E-state index is 11.8. The Labute approximate surface area is 169 Å². The minimum atomic E-state index is -3.30. The van der Waals surface area contributed by atoms with Crippen molar-refractivity contribution in [2.75, 3.05) is 16.9 Å². The van der Waals surface area contributed by atoms with Crippen LogP contribution in [0.1, 0.15) is 11.1 Å². The maximum atomic E-state index is 11.8. The summed E-state index contributed by atoms with van der Waals surface area (Å²) in [7, 11) is -4.23. The third-order valence-corrected chi connectivity index (χ3v) is 5.67. The normalized spacial score (nSPS) is 13.3. The van der Waals surface area contributed by atoms with Gasteiger partial charge in [0.1, 0.15) is 5.82 Å². The number of fused-ring (bicyclic) bond motifs is 1. The molecule has 0 fully saturated rings. The van der Waals surface area contributed by atoms with Crippen molar-refractivity contribution >= 4 is 45.6 Å². The maximum Gasteiger partial charge on any atom is 0.491 e. The fourth-order valence-electron chi connectivity index (χ4n) is 2.99. The van der Waals surface area contributed by atoms with Gasteiger partial charge < -0.3 is 20.3 Å². The first-order chi connectivity index (χ1) is 13.8. The minimum absolute atomic E-state index is 0.228. The number of benzene rings is 2. The van der Waals surface area contributed by atoms with Gasteiger partial charge in [0.15, 0.2) is 9.84 Å². The molecule has 0 saturated carbocycles. The Kier molecular flexibility index (Phi) is 4.99. The average Bonchev–Trinajstić information content (AvgIpc) is 3.05. The highest BCUT2D eigenvalue weighted by Gasteiger charge is 2.27. The molecule has 0 bridgehead atoms. The highest BCUT2D eigenvalue weighted by Crippen LogP contribution is 2.23. The van der Waals surface area contributed by atoms with E-state index in [1.807, 2.05) is 19.1 Å². The lowest BCUT2D eigenvalue weighted by Gasteiger charge is -2.12. The summed E-state index contributed by atoms with van der Waals surface area (Å²) < 4.78 is 28.8. The molecule has 2 heterocycles. The molecule has 3 N–H and O–H groups in total. The van der Waals surface area contributed by atoms with Crippen molar-refractivity contribution in [1.29, 1.82) is 0 Å². The summed E-state index contributed by atoms with van der Waals surface area (Å²) in [6, 6.07) is 12.1. The van der Waals surface area contributed by atoms with Crippen LogP contribution in [0.2, 0.25) is 0 Å². The van der Waals surface area contributed by atoms with Crippen LogP contribution in [0, 0.1) is 6.92 Å². The van der Waals surface area contributed by atoms with Gasteiger partial charge in [-0.3, -0.25) is 0 Å². The standard InChI is InChI=1S/C19H19BN4O4S/c1-12-10-21-19(23-15-7-6-13-11-28-20(25)17(13)9-15)24-18(12)22-14-4-3-5-16(8-14)29(2,26)27/h3-10,25H,11H2,1-2H3,(H2,21,22,23,24). The van der Waals surface area contributed by atoms with Gasteiger partial charge in [-0.25, -0.2) is 13.4 Å². The first-order valence-corrected chi connectivity index (χ1v) is 10.8. The van der Waals surface area contributed by atoms with Crippen molar-refractivity contribution in [2.24, 2.45) is 0 Å². The highest BCUT2D eigenvalue weighted by molar-refractivity contribution is 7.90. The molecular formula is C19H19BN4O4S. The summed E-state index contributed by atoms with van der Waals surface area (Å²) in [5.41, 5.74) is 3.80. The lowest BCUT2D eigenvalue weighted by molar-refractivity contribution is 0.275. The van der Waals surface area contributed by atoms with Gasteiger partial charge in [0, 0.05) is 29.4 Å². The van der Waals surface area contributed by atoms with E-state index in [9.17, 15) is 13.4 Å². The van der Waals surface area contributed by atoms with Gasteiger partial charge in [0.05, 0.1) is 11.5 Å². The van der Waals surface area contributed by atoms with E-state index in [1.165, 1.54) is 6.26 Å². The summed E-state index contributed by atoms with van der Waals surface area (Å²) in [6.45, 7) is 2.24. The van der Waals surface area contributed by atoms with Crippen molar-refractivity contribution in [1.82, 2.24) is 9.97 Å². The number of rotatable bonds is 5. The summed E-state index contributed by atoms with van der Waals surface area (Å²) in [5, 5.41) is 16.1. The Hall–Kier alpha value is -2.95. The fourth-order valence-corrected chi connectivity index (χ4v) is 3.66. The van der Waals surface area contributed by atoms with Gasteiger partial charge in [-0.2, -0.15) is 4.98 Å². The largest absolute Gasteiger partial charge is 0.491 e. The number of hydrogen-bond acceptors (Lipinski definition) is 8. The number of aromatic nitrogens is 2. The number of anilines is 4. The van der Waals surface area contributed by atoms with Gasteiger partial charge in [0.2, 0.25) is 5.95 Å². The van der Waals surface area contributed by atoms with Crippen LogP contribution in [0.15, 0.2) is 53.6 Å². The first kappa shape index (κ1) is 19.4. The third kappa shape index (κ3) is 4.24. The summed E-state index contributed by atoms with van der Waals surface area (Å²) in [5.74, 6) is 0.920. The Bertz CT molecular complexity index is 1190. The number of hydrogen-bond donors (Lipinski definition) is 3. The van der Waals surface area contributed by atoms with Gasteiger partial charge in [-0.05, 0) is 48.3 Å². The van der Waals surface area contributed by atoms with Crippen molar-refractivity contribution in [2.45, 2.75) is 18.4 Å². The quantitative estimate of drug-likeness (QED) is 0.547. The molecule has 3 aromatic rings. The van der Waals surface area contributed by atoms with Crippen LogP contribution < -0.4 is 16.1 Å². The van der Waals surface area contributed by atoms with E-state index in [0.29, 0.717) is 24.1 Å². The topological polar surface area (TPSA) is 113 Å². The predicted octanol–water partition coefficient (Wildman–Crippen LogP) is 1.89. The zero-order valence-corrected chi connectivity index (χ0v) is 16.7. The van der Waals surface area contributed by atoms with Gasteiger partial charge in [0.25, 0.3) is 0 Å². The molecule has 148 valence electrons. The average molecular weight is 410 g/mol. The predicted molar refractivity (Wildman–Crippen MR) is 112 cm³/mol. The molecule has 8 nitrogen and oxygen atoms in total. The highest BCUT2D eigenvalue weighted by atomic mass is 32.2. The molecule has 10 heteroatoms. The molecule has 0 aliphatic carbocycles. The second kappa shape index (κ2) is 7.47. The molecule has 0 amide bonds. The number of nitrogens with one attached hydrogen (secondary N) is 2. The Balaban J connectivity index is 1.58. The number of aryl methyl sites for hydroxylation is 1. The molecule has 1 aliphatic rings. The smallest absolute Gasteiger partial charge is 0.423 e. The van der Waals surface area contributed by atoms with Crippen LogP contribution in [-0.2, 0) is 21.1 Å². The van der Waals surface area contributed by atoms with Crippen molar-refractivity contribution in [3.8, 4) is 0 Å². The van der Waals surface area contributed by atoms with Crippen LogP contribution in [0.4, 0.5) is 23.1 Å². The lowest BCUT2D eigenvalue weighted by Crippen LogP contribution is -2.28. The van der Waals surface area contributed by atoms with Gasteiger partial charge in [-0.15, -0.1) is 0 Å². The third-order valence-electron chi connectivity index (χ3n) is 4.56. The number of sulfone groups is 1. The van der Waals surface area contributed by atoms with Crippen LogP contribution in [0.5, 0.6) is 0 Å². The van der Waals surface area contributed by atoms with Gasteiger partial charge in [-0.1, -0.05) is 12.1 Å². The van der Waals surface area contributed by atoms with E-state index in [0.717, 1.165) is 22.3 Å². The van der Waals surface area contributed by atoms with Crippen LogP contribution in [0.3, 0.4) is 0 Å². The monoisotopic (exact) mass is 410 g/mol. The van der Waals surface area contributed by atoms with E-state index in [2.05, 4.69) is 20.6 Å². The molecule has 0 unspecified atom stereocenters. The second-order valence-electron chi connectivity index (χ2n) is 6.85. The van der Waals surface area contributed by atoms with Crippen LogP contribution >= 0.6 is 0 Å². The molecule has 0 saturated heterocycles. The van der Waals surface area contributed by atoms with Gasteiger partial charge >= 0.3 is 7.12 Å². The molecule has 29 heavy (non-hydrogen) atoms.